The highest BCUT2D eigenvalue weighted by Crippen LogP contribution is 2.33. The summed E-state index contributed by atoms with van der Waals surface area (Å²) in [6.45, 7) is 3.53. The Morgan fingerprint density at radius 1 is 1.04 bits per heavy atom. The Hall–Kier alpha value is -2.04. The van der Waals surface area contributed by atoms with E-state index in [0.717, 1.165) is 43.1 Å². The van der Waals surface area contributed by atoms with E-state index in [-0.39, 0.29) is 5.91 Å². The molecule has 0 saturated heterocycles. The van der Waals surface area contributed by atoms with Crippen molar-refractivity contribution < 1.29 is 4.79 Å². The number of halogens is 1. The number of amides is 1. The second-order valence-electron chi connectivity index (χ2n) is 6.63. The van der Waals surface area contributed by atoms with Crippen molar-refractivity contribution in [3.05, 3.63) is 59.1 Å². The van der Waals surface area contributed by atoms with Crippen LogP contribution in [0, 0.1) is 0 Å². The molecule has 0 radical (unpaired) electrons. The minimum Gasteiger partial charge on any atom is -0.367 e. The van der Waals surface area contributed by atoms with Gasteiger partial charge in [-0.2, -0.15) is 0 Å². The quantitative estimate of drug-likeness (QED) is 0.821. The van der Waals surface area contributed by atoms with Crippen molar-refractivity contribution in [1.29, 1.82) is 0 Å². The summed E-state index contributed by atoms with van der Waals surface area (Å²) in [7, 11) is 4.16. The van der Waals surface area contributed by atoms with Crippen molar-refractivity contribution >= 4 is 28.9 Å². The summed E-state index contributed by atoms with van der Waals surface area (Å²) in [4.78, 5) is 19.3. The lowest BCUT2D eigenvalue weighted by molar-refractivity contribution is -0.118. The van der Waals surface area contributed by atoms with Crippen molar-refractivity contribution in [3.63, 3.8) is 0 Å². The van der Waals surface area contributed by atoms with Crippen molar-refractivity contribution in [1.82, 2.24) is 4.90 Å². The summed E-state index contributed by atoms with van der Waals surface area (Å²) < 4.78 is 0. The van der Waals surface area contributed by atoms with E-state index in [1.807, 2.05) is 47.4 Å². The van der Waals surface area contributed by atoms with Gasteiger partial charge in [0.25, 0.3) is 0 Å². The summed E-state index contributed by atoms with van der Waals surface area (Å²) in [5.74, 6) is 0.127. The molecule has 132 valence electrons. The van der Waals surface area contributed by atoms with Crippen molar-refractivity contribution in [2.75, 3.05) is 50.1 Å². The molecule has 1 aliphatic rings. The van der Waals surface area contributed by atoms with Gasteiger partial charge in [0, 0.05) is 31.2 Å². The maximum Gasteiger partial charge on any atom is 0.231 e. The third kappa shape index (κ3) is 4.33. The second-order valence-corrected chi connectivity index (χ2v) is 7.06. The lowest BCUT2D eigenvalue weighted by atomic mass is 10.1. The van der Waals surface area contributed by atoms with Gasteiger partial charge in [-0.1, -0.05) is 35.9 Å². The number of hydrogen-bond acceptors (Lipinski definition) is 3. The van der Waals surface area contributed by atoms with Crippen LogP contribution in [0.1, 0.15) is 5.56 Å². The fourth-order valence-electron chi connectivity index (χ4n) is 3.11. The monoisotopic (exact) mass is 357 g/mol. The Bertz CT molecular complexity index is 730. The zero-order valence-corrected chi connectivity index (χ0v) is 15.5. The van der Waals surface area contributed by atoms with Crippen LogP contribution in [0.25, 0.3) is 0 Å². The number of likely N-dealkylation sites (N-methyl/N-ethyl adjacent to an activating group) is 1. The molecule has 0 unspecified atom stereocenters. The summed E-state index contributed by atoms with van der Waals surface area (Å²) >= 11 is 5.93. The second kappa shape index (κ2) is 7.89. The van der Waals surface area contributed by atoms with E-state index in [0.29, 0.717) is 11.4 Å². The van der Waals surface area contributed by atoms with E-state index in [1.54, 1.807) is 0 Å². The minimum atomic E-state index is 0.127. The first-order chi connectivity index (χ1) is 12.0. The topological polar surface area (TPSA) is 26.8 Å². The number of carbonyl (C=O) groups excluding carboxylic acids is 1. The molecule has 1 amide bonds. The molecule has 2 aromatic rings. The van der Waals surface area contributed by atoms with Crippen molar-refractivity contribution in [2.45, 2.75) is 6.42 Å². The number of nitrogens with zero attached hydrogens (tertiary/aromatic N) is 3. The Labute approximate surface area is 154 Å². The van der Waals surface area contributed by atoms with Crippen molar-refractivity contribution in [2.24, 2.45) is 0 Å². The first kappa shape index (κ1) is 17.8. The van der Waals surface area contributed by atoms with Crippen LogP contribution in [0.2, 0.25) is 5.02 Å². The number of fused-ring (bicyclic) bond motifs is 1. The molecule has 0 aliphatic carbocycles. The fourth-order valence-corrected chi connectivity index (χ4v) is 3.23. The van der Waals surface area contributed by atoms with Gasteiger partial charge in [-0.05, 0) is 43.9 Å². The number of carbonyl (C=O) groups is 1. The molecule has 1 aliphatic heterocycles. The molecule has 1 heterocycles. The minimum absolute atomic E-state index is 0.127. The van der Waals surface area contributed by atoms with Gasteiger partial charge in [0.1, 0.15) is 0 Å². The fraction of sp³-hybridized carbons (Fsp3) is 0.350. The number of benzene rings is 2. The van der Waals surface area contributed by atoms with Crippen LogP contribution in [0.15, 0.2) is 48.5 Å². The average molecular weight is 358 g/mol. The van der Waals surface area contributed by atoms with Gasteiger partial charge >= 0.3 is 0 Å². The van der Waals surface area contributed by atoms with E-state index in [2.05, 4.69) is 30.0 Å². The predicted molar refractivity (Wildman–Crippen MR) is 105 cm³/mol. The molecule has 25 heavy (non-hydrogen) atoms. The highest BCUT2D eigenvalue weighted by atomic mass is 35.5. The van der Waals surface area contributed by atoms with E-state index >= 15 is 0 Å². The summed E-state index contributed by atoms with van der Waals surface area (Å²) in [5.41, 5.74) is 3.13. The molecule has 0 fully saturated rings. The van der Waals surface area contributed by atoms with Crippen LogP contribution in [-0.2, 0) is 11.2 Å². The largest absolute Gasteiger partial charge is 0.367 e. The number of rotatable bonds is 5. The molecule has 0 spiro atoms. The first-order valence-electron chi connectivity index (χ1n) is 8.58. The zero-order valence-electron chi connectivity index (χ0n) is 14.8. The van der Waals surface area contributed by atoms with E-state index in [4.69, 9.17) is 11.6 Å². The maximum atomic E-state index is 12.9. The Morgan fingerprint density at radius 3 is 2.40 bits per heavy atom. The summed E-state index contributed by atoms with van der Waals surface area (Å²) in [6, 6.07) is 15.7. The molecular weight excluding hydrogens is 334 g/mol. The van der Waals surface area contributed by atoms with Gasteiger partial charge in [0.2, 0.25) is 5.91 Å². The Morgan fingerprint density at radius 2 is 1.72 bits per heavy atom. The molecule has 3 rings (SSSR count). The molecule has 2 aromatic carbocycles. The van der Waals surface area contributed by atoms with E-state index in [1.165, 1.54) is 0 Å². The molecular formula is C20H24ClN3O. The van der Waals surface area contributed by atoms with Gasteiger partial charge < -0.3 is 14.7 Å². The normalized spacial score (nSPS) is 13.9. The van der Waals surface area contributed by atoms with Gasteiger partial charge in [0.15, 0.2) is 0 Å². The van der Waals surface area contributed by atoms with Crippen molar-refractivity contribution in [3.8, 4) is 0 Å². The molecule has 5 heteroatoms. The molecule has 0 N–H and O–H groups in total. The molecule has 0 atom stereocenters. The van der Waals surface area contributed by atoms with Gasteiger partial charge in [-0.3, -0.25) is 4.79 Å². The molecule has 0 saturated carbocycles. The van der Waals surface area contributed by atoms with Gasteiger partial charge in [0.05, 0.1) is 17.8 Å². The number of anilines is 2. The number of hydrogen-bond donors (Lipinski definition) is 0. The summed E-state index contributed by atoms with van der Waals surface area (Å²) in [5, 5.41) is 0.691. The zero-order chi connectivity index (χ0) is 17.8. The maximum absolute atomic E-state index is 12.9. The van der Waals surface area contributed by atoms with E-state index in [9.17, 15) is 4.79 Å². The Balaban J connectivity index is 1.76. The average Bonchev–Trinajstić information content (AvgIpc) is 2.61. The third-order valence-corrected chi connectivity index (χ3v) is 4.75. The Kier molecular flexibility index (Phi) is 5.61. The third-order valence-electron chi connectivity index (χ3n) is 4.49. The molecule has 0 bridgehead atoms. The van der Waals surface area contributed by atoms with Crippen LogP contribution in [0.5, 0.6) is 0 Å². The van der Waals surface area contributed by atoms with E-state index < -0.39 is 0 Å². The van der Waals surface area contributed by atoms with Crippen LogP contribution < -0.4 is 9.80 Å². The molecule has 4 nitrogen and oxygen atoms in total. The molecule has 0 aromatic heterocycles. The van der Waals surface area contributed by atoms with Crippen LogP contribution >= 0.6 is 11.6 Å². The lowest BCUT2D eigenvalue weighted by Crippen LogP contribution is -2.46. The number of para-hydroxylation sites is 2. The SMILES string of the molecule is CN(C)CCN1CCN(C(=O)Cc2ccc(Cl)cc2)c2ccccc21. The van der Waals surface area contributed by atoms with Crippen LogP contribution in [-0.4, -0.2) is 51.1 Å². The first-order valence-corrected chi connectivity index (χ1v) is 8.96. The van der Waals surface area contributed by atoms with Crippen LogP contribution in [0.3, 0.4) is 0 Å². The lowest BCUT2D eigenvalue weighted by Gasteiger charge is -2.38. The summed E-state index contributed by atoms with van der Waals surface area (Å²) in [6.07, 6.45) is 0.392. The highest BCUT2D eigenvalue weighted by Gasteiger charge is 2.26. The smallest absolute Gasteiger partial charge is 0.231 e. The van der Waals surface area contributed by atoms with Gasteiger partial charge in [-0.25, -0.2) is 0 Å². The van der Waals surface area contributed by atoms with Crippen LogP contribution in [0.4, 0.5) is 11.4 Å². The standard InChI is InChI=1S/C20H24ClN3O/c1-22(2)11-12-23-13-14-24(19-6-4-3-5-18(19)23)20(25)15-16-7-9-17(21)10-8-16/h3-10H,11-15H2,1-2H3. The predicted octanol–water partition coefficient (Wildman–Crippen LogP) is 3.30. The highest BCUT2D eigenvalue weighted by molar-refractivity contribution is 6.30. The van der Waals surface area contributed by atoms with Gasteiger partial charge in [-0.15, -0.1) is 0 Å².